The van der Waals surface area contributed by atoms with Crippen molar-refractivity contribution in [2.24, 2.45) is 0 Å². The molecule has 3 heterocycles. The van der Waals surface area contributed by atoms with Gasteiger partial charge in [-0.05, 0) is 24.3 Å². The second-order valence-electron chi connectivity index (χ2n) is 8.16. The van der Waals surface area contributed by atoms with E-state index in [2.05, 4.69) is 26.8 Å². The number of hydrogen-bond donors (Lipinski definition) is 1. The molecule has 178 valence electrons. The van der Waals surface area contributed by atoms with E-state index in [0.717, 1.165) is 35.0 Å². The van der Waals surface area contributed by atoms with Crippen molar-refractivity contribution >= 4 is 28.3 Å². The standard InChI is InChI=1S/C26H25N5O4/c1-3-25(32)31-9-7-19(8-10-31)35-23-12-20-21(13-22(23)33-2)28-15-29-26(20)30-18-6-4-5-17(11-18)24-14-27-16-34-24/h3-6,11-16,19H,1,7-10H2,2H3,(H,28,29,30). The van der Waals surface area contributed by atoms with Gasteiger partial charge in [-0.15, -0.1) is 0 Å². The summed E-state index contributed by atoms with van der Waals surface area (Å²) < 4.78 is 17.3. The van der Waals surface area contributed by atoms with E-state index < -0.39 is 0 Å². The van der Waals surface area contributed by atoms with E-state index >= 15 is 0 Å². The van der Waals surface area contributed by atoms with Crippen LogP contribution >= 0.6 is 0 Å². The summed E-state index contributed by atoms with van der Waals surface area (Å²) in [6, 6.07) is 11.6. The van der Waals surface area contributed by atoms with Crippen LogP contribution in [0.4, 0.5) is 11.5 Å². The smallest absolute Gasteiger partial charge is 0.245 e. The number of nitrogens with zero attached hydrogens (tertiary/aromatic N) is 4. The van der Waals surface area contributed by atoms with E-state index in [1.54, 1.807) is 18.2 Å². The number of piperidine rings is 1. The van der Waals surface area contributed by atoms with E-state index in [1.165, 1.54) is 18.8 Å². The topological polar surface area (TPSA) is 103 Å². The molecule has 9 heteroatoms. The fraction of sp³-hybridized carbons (Fsp3) is 0.231. The molecule has 0 spiro atoms. The van der Waals surface area contributed by atoms with Crippen molar-refractivity contribution in [3.05, 3.63) is 68.0 Å². The van der Waals surface area contributed by atoms with Gasteiger partial charge in [0.2, 0.25) is 5.91 Å². The Morgan fingerprint density at radius 3 is 2.80 bits per heavy atom. The number of nitrogens with one attached hydrogen (secondary N) is 1. The largest absolute Gasteiger partial charge is 0.493 e. The number of anilines is 2. The van der Waals surface area contributed by atoms with Gasteiger partial charge < -0.3 is 24.1 Å². The van der Waals surface area contributed by atoms with Gasteiger partial charge in [0.05, 0.1) is 18.8 Å². The van der Waals surface area contributed by atoms with Gasteiger partial charge in [0, 0.05) is 48.6 Å². The number of amides is 1. The molecule has 35 heavy (non-hydrogen) atoms. The summed E-state index contributed by atoms with van der Waals surface area (Å²) in [7, 11) is 1.61. The SMILES string of the molecule is C=CC(=O)N1CCC(Oc2cc3c(Nc4cccc(-c5cnco5)c4)ncnc3cc2OC)CC1. The summed E-state index contributed by atoms with van der Waals surface area (Å²) in [4.78, 5) is 26.5. The highest BCUT2D eigenvalue weighted by Gasteiger charge is 2.24. The number of fused-ring (bicyclic) bond motifs is 1. The lowest BCUT2D eigenvalue weighted by Crippen LogP contribution is -2.41. The molecule has 1 saturated heterocycles. The van der Waals surface area contributed by atoms with E-state index in [1.807, 2.05) is 36.4 Å². The summed E-state index contributed by atoms with van der Waals surface area (Å²) >= 11 is 0. The van der Waals surface area contributed by atoms with Crippen LogP contribution in [-0.2, 0) is 4.79 Å². The third kappa shape index (κ3) is 4.79. The highest BCUT2D eigenvalue weighted by Crippen LogP contribution is 2.36. The third-order valence-electron chi connectivity index (χ3n) is 5.98. The van der Waals surface area contributed by atoms with Gasteiger partial charge in [-0.2, -0.15) is 0 Å². The second-order valence-corrected chi connectivity index (χ2v) is 8.16. The minimum Gasteiger partial charge on any atom is -0.493 e. The second kappa shape index (κ2) is 9.84. The van der Waals surface area contributed by atoms with Gasteiger partial charge >= 0.3 is 0 Å². The number of benzene rings is 2. The fourth-order valence-corrected chi connectivity index (χ4v) is 4.16. The molecule has 4 aromatic rings. The van der Waals surface area contributed by atoms with Crippen molar-refractivity contribution in [1.29, 1.82) is 0 Å². The van der Waals surface area contributed by atoms with Gasteiger partial charge in [-0.1, -0.05) is 18.7 Å². The van der Waals surface area contributed by atoms with Crippen molar-refractivity contribution < 1.29 is 18.7 Å². The van der Waals surface area contributed by atoms with Crippen molar-refractivity contribution in [1.82, 2.24) is 19.9 Å². The van der Waals surface area contributed by atoms with Crippen LogP contribution in [0.1, 0.15) is 12.8 Å². The summed E-state index contributed by atoms with van der Waals surface area (Å²) in [6.45, 7) is 4.82. The lowest BCUT2D eigenvalue weighted by atomic mass is 10.1. The average molecular weight is 472 g/mol. The quantitative estimate of drug-likeness (QED) is 0.391. The molecule has 1 aliphatic heterocycles. The molecule has 0 aliphatic carbocycles. The fourth-order valence-electron chi connectivity index (χ4n) is 4.16. The summed E-state index contributed by atoms with van der Waals surface area (Å²) in [5, 5.41) is 4.18. The molecule has 1 amide bonds. The number of rotatable bonds is 7. The normalized spacial score (nSPS) is 14.0. The van der Waals surface area contributed by atoms with Crippen LogP contribution < -0.4 is 14.8 Å². The van der Waals surface area contributed by atoms with Gasteiger partial charge in [0.15, 0.2) is 23.7 Å². The minimum absolute atomic E-state index is 0.0326. The zero-order valence-corrected chi connectivity index (χ0v) is 19.3. The zero-order valence-electron chi connectivity index (χ0n) is 19.3. The van der Waals surface area contributed by atoms with Gasteiger partial charge in [0.1, 0.15) is 18.2 Å². The lowest BCUT2D eigenvalue weighted by Gasteiger charge is -2.31. The minimum atomic E-state index is -0.0491. The zero-order chi connectivity index (χ0) is 24.2. The Balaban J connectivity index is 1.41. The number of ether oxygens (including phenoxy) is 2. The van der Waals surface area contributed by atoms with Gasteiger partial charge in [-0.3, -0.25) is 4.79 Å². The molecule has 2 aromatic heterocycles. The first-order valence-electron chi connectivity index (χ1n) is 11.3. The predicted molar refractivity (Wildman–Crippen MR) is 132 cm³/mol. The number of methoxy groups -OCH3 is 1. The molecular weight excluding hydrogens is 446 g/mol. The maximum atomic E-state index is 11.9. The Hall–Kier alpha value is -4.40. The molecule has 1 N–H and O–H groups in total. The molecular formula is C26H25N5O4. The van der Waals surface area contributed by atoms with Crippen LogP contribution in [0.3, 0.4) is 0 Å². The highest BCUT2D eigenvalue weighted by molar-refractivity contribution is 5.93. The number of hydrogen-bond acceptors (Lipinski definition) is 8. The third-order valence-corrected chi connectivity index (χ3v) is 5.98. The van der Waals surface area contributed by atoms with E-state index in [-0.39, 0.29) is 12.0 Å². The highest BCUT2D eigenvalue weighted by atomic mass is 16.5. The first kappa shape index (κ1) is 22.4. The van der Waals surface area contributed by atoms with Gasteiger partial charge in [0.25, 0.3) is 0 Å². The van der Waals surface area contributed by atoms with Crippen LogP contribution in [-0.4, -0.2) is 52.1 Å². The van der Waals surface area contributed by atoms with Crippen LogP contribution in [0.15, 0.2) is 72.4 Å². The molecule has 0 radical (unpaired) electrons. The number of carbonyl (C=O) groups is 1. The number of carbonyl (C=O) groups excluding carboxylic acids is 1. The molecule has 9 nitrogen and oxygen atoms in total. The Kier molecular flexibility index (Phi) is 6.30. The molecule has 2 aromatic carbocycles. The number of likely N-dealkylation sites (tertiary alicyclic amines) is 1. The molecule has 5 rings (SSSR count). The first-order chi connectivity index (χ1) is 17.1. The summed E-state index contributed by atoms with van der Waals surface area (Å²) in [5.74, 6) is 2.49. The molecule has 0 saturated carbocycles. The Morgan fingerprint density at radius 2 is 2.06 bits per heavy atom. The molecule has 1 aliphatic rings. The molecule has 1 fully saturated rings. The average Bonchev–Trinajstić information content (AvgIpc) is 3.44. The Bertz CT molecular complexity index is 1350. The van der Waals surface area contributed by atoms with Crippen LogP contribution in [0.25, 0.3) is 22.2 Å². The lowest BCUT2D eigenvalue weighted by molar-refractivity contribution is -0.127. The van der Waals surface area contributed by atoms with E-state index in [0.29, 0.717) is 36.2 Å². The molecule has 0 unspecified atom stereocenters. The maximum absolute atomic E-state index is 11.9. The maximum Gasteiger partial charge on any atom is 0.245 e. The Morgan fingerprint density at radius 1 is 1.20 bits per heavy atom. The predicted octanol–water partition coefficient (Wildman–Crippen LogP) is 4.59. The van der Waals surface area contributed by atoms with Crippen LogP contribution in [0.2, 0.25) is 0 Å². The molecule has 0 bridgehead atoms. The van der Waals surface area contributed by atoms with E-state index in [9.17, 15) is 4.79 Å². The van der Waals surface area contributed by atoms with Crippen molar-refractivity contribution in [3.63, 3.8) is 0 Å². The van der Waals surface area contributed by atoms with Crippen LogP contribution in [0, 0.1) is 0 Å². The number of oxazole rings is 1. The summed E-state index contributed by atoms with van der Waals surface area (Å²) in [5.41, 5.74) is 2.47. The Labute approximate surface area is 202 Å². The first-order valence-corrected chi connectivity index (χ1v) is 11.3. The van der Waals surface area contributed by atoms with Crippen molar-refractivity contribution in [2.75, 3.05) is 25.5 Å². The summed E-state index contributed by atoms with van der Waals surface area (Å²) in [6.07, 6.45) is 7.36. The molecule has 0 atom stereocenters. The van der Waals surface area contributed by atoms with Crippen LogP contribution in [0.5, 0.6) is 11.5 Å². The van der Waals surface area contributed by atoms with Gasteiger partial charge in [-0.25, -0.2) is 15.0 Å². The van der Waals surface area contributed by atoms with E-state index in [4.69, 9.17) is 13.9 Å². The number of aromatic nitrogens is 3. The van der Waals surface area contributed by atoms with Crippen molar-refractivity contribution in [2.45, 2.75) is 18.9 Å². The monoisotopic (exact) mass is 471 g/mol. The van der Waals surface area contributed by atoms with Crippen molar-refractivity contribution in [3.8, 4) is 22.8 Å².